The first-order valence-corrected chi connectivity index (χ1v) is 11.0. The van der Waals surface area contributed by atoms with E-state index in [1.54, 1.807) is 23.6 Å². The van der Waals surface area contributed by atoms with Gasteiger partial charge in [0.2, 0.25) is 11.7 Å². The van der Waals surface area contributed by atoms with Crippen LogP contribution in [-0.2, 0) is 11.3 Å². The molecule has 1 fully saturated rings. The van der Waals surface area contributed by atoms with Gasteiger partial charge in [0, 0.05) is 17.4 Å². The summed E-state index contributed by atoms with van der Waals surface area (Å²) in [6.45, 7) is 4.13. The van der Waals surface area contributed by atoms with Gasteiger partial charge in [0.15, 0.2) is 0 Å². The molecule has 9 nitrogen and oxygen atoms in total. The van der Waals surface area contributed by atoms with Crippen LogP contribution in [0.5, 0.6) is 0 Å². The van der Waals surface area contributed by atoms with Crippen molar-refractivity contribution < 1.29 is 23.6 Å². The molecule has 10 heteroatoms. The van der Waals surface area contributed by atoms with E-state index in [1.165, 1.54) is 6.20 Å². The summed E-state index contributed by atoms with van der Waals surface area (Å²) >= 11 is 0. The van der Waals surface area contributed by atoms with Crippen molar-refractivity contribution in [3.05, 3.63) is 65.4 Å². The van der Waals surface area contributed by atoms with Crippen molar-refractivity contribution in [3.63, 3.8) is 0 Å². The Hall–Kier alpha value is -3.63. The molecule has 3 heterocycles. The quantitative estimate of drug-likeness (QED) is 0.408. The molecule has 5 rings (SSSR count). The van der Waals surface area contributed by atoms with Crippen LogP contribution in [0.1, 0.15) is 46.8 Å². The van der Waals surface area contributed by atoms with Crippen molar-refractivity contribution in [2.45, 2.75) is 45.1 Å². The van der Waals surface area contributed by atoms with Crippen LogP contribution in [0.4, 0.5) is 10.1 Å². The van der Waals surface area contributed by atoms with E-state index in [0.717, 1.165) is 11.1 Å². The van der Waals surface area contributed by atoms with Gasteiger partial charge in [0.1, 0.15) is 17.5 Å². The van der Waals surface area contributed by atoms with E-state index in [1.807, 2.05) is 31.2 Å². The molecule has 0 radical (unpaired) electrons. The summed E-state index contributed by atoms with van der Waals surface area (Å²) in [5, 5.41) is 16.2. The Labute approximate surface area is 194 Å². The number of nitrogens with one attached hydrogen (secondary N) is 1. The highest BCUT2D eigenvalue weighted by Crippen LogP contribution is 2.43. The molecule has 4 aromatic rings. The molecule has 0 spiro atoms. The molecule has 0 aliphatic heterocycles. The van der Waals surface area contributed by atoms with Crippen LogP contribution in [0.15, 0.2) is 47.2 Å². The summed E-state index contributed by atoms with van der Waals surface area (Å²) in [4.78, 5) is 21.7. The number of pyridine rings is 1. The second-order valence-corrected chi connectivity index (χ2v) is 8.57. The number of hydrogen-bond acceptors (Lipinski definition) is 7. The van der Waals surface area contributed by atoms with Gasteiger partial charge in [-0.3, -0.25) is 9.20 Å². The van der Waals surface area contributed by atoms with Crippen molar-refractivity contribution in [2.24, 2.45) is 0 Å². The van der Waals surface area contributed by atoms with Crippen LogP contribution in [0, 0.1) is 6.92 Å². The van der Waals surface area contributed by atoms with Crippen LogP contribution in [0.2, 0.25) is 0 Å². The number of carbonyl (C=O) groups excluding carboxylic acids is 1. The van der Waals surface area contributed by atoms with Gasteiger partial charge in [-0.15, -0.1) is 0 Å². The Kier molecular flexibility index (Phi) is 5.84. The van der Waals surface area contributed by atoms with E-state index >= 15 is 0 Å². The lowest BCUT2D eigenvalue weighted by atomic mass is 10.1. The van der Waals surface area contributed by atoms with Gasteiger partial charge >= 0.3 is 0 Å². The predicted molar refractivity (Wildman–Crippen MR) is 121 cm³/mol. The van der Waals surface area contributed by atoms with Gasteiger partial charge in [-0.05, 0) is 49.6 Å². The number of carbonyl (C=O) groups is 1. The highest BCUT2D eigenvalue weighted by atomic mass is 19.1. The normalized spacial score (nSPS) is 18.2. The van der Waals surface area contributed by atoms with Crippen molar-refractivity contribution in [2.75, 3.05) is 11.9 Å². The number of amides is 1. The molecular formula is C24H24FN5O4. The maximum atomic E-state index is 13.3. The van der Waals surface area contributed by atoms with Crippen molar-refractivity contribution >= 4 is 17.2 Å². The molecule has 1 unspecified atom stereocenters. The number of fused-ring (bicyclic) bond motifs is 1. The first-order valence-electron chi connectivity index (χ1n) is 11.0. The molecule has 1 aliphatic rings. The Morgan fingerprint density at radius 2 is 2.21 bits per heavy atom. The average Bonchev–Trinajstić information content (AvgIpc) is 3.20. The number of aliphatic hydroxyl groups excluding tert-OH is 1. The Bertz CT molecular complexity index is 1350. The van der Waals surface area contributed by atoms with Crippen LogP contribution >= 0.6 is 0 Å². The summed E-state index contributed by atoms with van der Waals surface area (Å²) < 4.78 is 25.6. The molecule has 1 aromatic carbocycles. The van der Waals surface area contributed by atoms with Crippen LogP contribution in [0.25, 0.3) is 17.0 Å². The summed E-state index contributed by atoms with van der Waals surface area (Å²) in [6, 6.07) is 9.12. The summed E-state index contributed by atoms with van der Waals surface area (Å²) in [7, 11) is 0. The number of anilines is 1. The molecule has 176 valence electrons. The van der Waals surface area contributed by atoms with E-state index in [9.17, 15) is 14.3 Å². The standard InChI is InChI=1S/C24H24FN5O4/c1-13-3-4-16(22-28-24(34-29-22)17-9-18(17)25)8-19(13)27-23(32)20-10-26-21-7-15(5-6-30(20)21)12-33-11-14(2)31/h3-8,10,14,17-18,31H,9,11-12H2,1-2H3,(H,27,32)/t14?,17-,18-/m0/s1. The minimum absolute atomic E-state index is 0.244. The van der Waals surface area contributed by atoms with Gasteiger partial charge < -0.3 is 19.7 Å². The SMILES string of the molecule is Cc1ccc(-c2noc([C@H]3C[C@@H]3F)n2)cc1NC(=O)c1cnc2cc(COCC(C)O)ccn12. The smallest absolute Gasteiger partial charge is 0.274 e. The molecule has 0 saturated heterocycles. The first kappa shape index (κ1) is 22.2. The monoisotopic (exact) mass is 465 g/mol. The van der Waals surface area contributed by atoms with Crippen LogP contribution in [-0.4, -0.2) is 49.4 Å². The zero-order valence-electron chi connectivity index (χ0n) is 18.7. The minimum atomic E-state index is -0.917. The minimum Gasteiger partial charge on any atom is -0.391 e. The van der Waals surface area contributed by atoms with Gasteiger partial charge in [-0.1, -0.05) is 17.3 Å². The molecule has 3 aromatic heterocycles. The second-order valence-electron chi connectivity index (χ2n) is 8.57. The average molecular weight is 465 g/mol. The number of halogens is 1. The molecule has 3 atom stereocenters. The third-order valence-corrected chi connectivity index (χ3v) is 5.65. The number of imidazole rings is 1. The molecule has 2 N–H and O–H groups in total. The number of aliphatic hydroxyl groups is 1. The number of ether oxygens (including phenoxy) is 1. The second kappa shape index (κ2) is 8.96. The van der Waals surface area contributed by atoms with Gasteiger partial charge in [-0.2, -0.15) is 4.98 Å². The van der Waals surface area contributed by atoms with Crippen molar-refractivity contribution in [3.8, 4) is 11.4 Å². The Morgan fingerprint density at radius 1 is 1.38 bits per heavy atom. The van der Waals surface area contributed by atoms with Crippen LogP contribution < -0.4 is 5.32 Å². The van der Waals surface area contributed by atoms with E-state index in [0.29, 0.717) is 47.3 Å². The number of hydrogen-bond donors (Lipinski definition) is 2. The lowest BCUT2D eigenvalue weighted by Crippen LogP contribution is -2.15. The topological polar surface area (TPSA) is 115 Å². The summed E-state index contributed by atoms with van der Waals surface area (Å²) in [5.41, 5.74) is 3.99. The third-order valence-electron chi connectivity index (χ3n) is 5.65. The maximum Gasteiger partial charge on any atom is 0.274 e. The molecule has 1 saturated carbocycles. The highest BCUT2D eigenvalue weighted by Gasteiger charge is 2.43. The number of benzene rings is 1. The number of aryl methyl sites for hydroxylation is 1. The summed E-state index contributed by atoms with van der Waals surface area (Å²) in [6.07, 6.45) is 2.23. The molecule has 34 heavy (non-hydrogen) atoms. The number of nitrogens with zero attached hydrogens (tertiary/aromatic N) is 4. The van der Waals surface area contributed by atoms with Crippen molar-refractivity contribution in [1.82, 2.24) is 19.5 Å². The number of alkyl halides is 1. The Balaban J connectivity index is 1.33. The maximum absolute atomic E-state index is 13.3. The lowest BCUT2D eigenvalue weighted by molar-refractivity contribution is 0.0376. The summed E-state index contributed by atoms with van der Waals surface area (Å²) in [5.74, 6) is 0.0176. The first-order chi connectivity index (χ1) is 16.4. The van der Waals surface area contributed by atoms with Gasteiger partial charge in [0.25, 0.3) is 5.91 Å². The van der Waals surface area contributed by atoms with Gasteiger partial charge in [-0.25, -0.2) is 9.37 Å². The molecule has 1 amide bonds. The number of rotatable bonds is 8. The van der Waals surface area contributed by atoms with E-state index < -0.39 is 12.3 Å². The van der Waals surface area contributed by atoms with Crippen molar-refractivity contribution in [1.29, 1.82) is 0 Å². The zero-order chi connectivity index (χ0) is 23.8. The fourth-order valence-electron chi connectivity index (χ4n) is 3.63. The zero-order valence-corrected chi connectivity index (χ0v) is 18.7. The fourth-order valence-corrected chi connectivity index (χ4v) is 3.63. The van der Waals surface area contributed by atoms with E-state index in [4.69, 9.17) is 9.26 Å². The van der Waals surface area contributed by atoms with E-state index in [-0.39, 0.29) is 18.4 Å². The van der Waals surface area contributed by atoms with Gasteiger partial charge in [0.05, 0.1) is 31.4 Å². The van der Waals surface area contributed by atoms with Crippen LogP contribution in [0.3, 0.4) is 0 Å². The largest absolute Gasteiger partial charge is 0.391 e. The molecular weight excluding hydrogens is 441 g/mol. The lowest BCUT2D eigenvalue weighted by Gasteiger charge is -2.10. The Morgan fingerprint density at radius 3 is 2.97 bits per heavy atom. The van der Waals surface area contributed by atoms with E-state index in [2.05, 4.69) is 20.4 Å². The number of aromatic nitrogens is 4. The molecule has 0 bridgehead atoms. The third kappa shape index (κ3) is 4.55. The highest BCUT2D eigenvalue weighted by molar-refractivity contribution is 6.04. The molecule has 1 aliphatic carbocycles. The predicted octanol–water partition coefficient (Wildman–Crippen LogP) is 3.67. The fraction of sp³-hybridized carbons (Fsp3) is 0.333.